The van der Waals surface area contributed by atoms with Gasteiger partial charge in [-0.1, -0.05) is 37.3 Å². The van der Waals surface area contributed by atoms with Gasteiger partial charge in [0.15, 0.2) is 0 Å². The van der Waals surface area contributed by atoms with Gasteiger partial charge in [-0.3, -0.25) is 0 Å². The van der Waals surface area contributed by atoms with Crippen molar-refractivity contribution < 1.29 is 9.13 Å². The highest BCUT2D eigenvalue weighted by atomic mass is 19.1. The van der Waals surface area contributed by atoms with Crippen LogP contribution in [-0.4, -0.2) is 6.04 Å². The third kappa shape index (κ3) is 4.87. The van der Waals surface area contributed by atoms with Gasteiger partial charge in [0, 0.05) is 18.2 Å². The molecule has 0 spiro atoms. The maximum absolute atomic E-state index is 12.9. The third-order valence-electron chi connectivity index (χ3n) is 3.53. The van der Waals surface area contributed by atoms with Gasteiger partial charge in [-0.05, 0) is 37.1 Å². The molecule has 2 aromatic carbocycles. The molecule has 2 aromatic rings. The molecule has 1 N–H and O–H groups in total. The van der Waals surface area contributed by atoms with Crippen LogP contribution in [0.4, 0.5) is 4.39 Å². The summed E-state index contributed by atoms with van der Waals surface area (Å²) >= 11 is 0. The zero-order valence-corrected chi connectivity index (χ0v) is 12.6. The Balaban J connectivity index is 1.97. The summed E-state index contributed by atoms with van der Waals surface area (Å²) in [5.41, 5.74) is 2.10. The van der Waals surface area contributed by atoms with Gasteiger partial charge in [0.25, 0.3) is 0 Å². The minimum atomic E-state index is -0.225. The van der Waals surface area contributed by atoms with Gasteiger partial charge >= 0.3 is 0 Å². The Labute approximate surface area is 126 Å². The smallest absolute Gasteiger partial charge is 0.124 e. The fourth-order valence-corrected chi connectivity index (χ4v) is 1.96. The third-order valence-corrected chi connectivity index (χ3v) is 3.53. The number of benzene rings is 2. The first-order valence-corrected chi connectivity index (χ1v) is 7.37. The molecule has 0 fully saturated rings. The lowest BCUT2D eigenvalue weighted by Crippen LogP contribution is -2.24. The normalized spacial score (nSPS) is 12.1. The molecule has 2 rings (SSSR count). The summed E-state index contributed by atoms with van der Waals surface area (Å²) in [6, 6.07) is 14.9. The quantitative estimate of drug-likeness (QED) is 0.820. The molecule has 112 valence electrons. The van der Waals surface area contributed by atoms with Crippen molar-refractivity contribution in [3.05, 3.63) is 65.5 Å². The van der Waals surface area contributed by atoms with Crippen LogP contribution in [-0.2, 0) is 13.2 Å². The van der Waals surface area contributed by atoms with E-state index in [-0.39, 0.29) is 5.82 Å². The molecule has 3 heteroatoms. The molecule has 0 aromatic heterocycles. The van der Waals surface area contributed by atoms with Crippen LogP contribution >= 0.6 is 0 Å². The second-order valence-corrected chi connectivity index (χ2v) is 5.21. The van der Waals surface area contributed by atoms with E-state index in [1.165, 1.54) is 12.1 Å². The Morgan fingerprint density at radius 3 is 2.52 bits per heavy atom. The van der Waals surface area contributed by atoms with Crippen LogP contribution in [0.1, 0.15) is 31.4 Å². The molecule has 2 nitrogen and oxygen atoms in total. The Hall–Kier alpha value is -1.87. The van der Waals surface area contributed by atoms with Gasteiger partial charge in [0.05, 0.1) is 0 Å². The average molecular weight is 287 g/mol. The lowest BCUT2D eigenvalue weighted by atomic mass is 10.1. The van der Waals surface area contributed by atoms with E-state index in [1.54, 1.807) is 12.1 Å². The first-order valence-electron chi connectivity index (χ1n) is 7.37. The molecule has 0 aliphatic rings. The van der Waals surface area contributed by atoms with Gasteiger partial charge in [0.2, 0.25) is 0 Å². The van der Waals surface area contributed by atoms with Crippen molar-refractivity contribution in [3.8, 4) is 5.75 Å². The number of nitrogens with one attached hydrogen (secondary N) is 1. The van der Waals surface area contributed by atoms with E-state index in [1.807, 2.05) is 18.2 Å². The van der Waals surface area contributed by atoms with Crippen LogP contribution in [0.15, 0.2) is 48.5 Å². The van der Waals surface area contributed by atoms with Crippen LogP contribution < -0.4 is 10.1 Å². The molecular formula is C18H22FNO. The molecule has 0 amide bonds. The highest BCUT2D eigenvalue weighted by Gasteiger charge is 2.05. The van der Waals surface area contributed by atoms with Gasteiger partial charge in [-0.25, -0.2) is 4.39 Å². The second kappa shape index (κ2) is 7.79. The SMILES string of the molecule is CC[C@@H](C)NCc1ccccc1OCc1ccc(F)cc1. The number of halogens is 1. The molecule has 0 saturated carbocycles. The minimum Gasteiger partial charge on any atom is -0.489 e. The van der Waals surface area contributed by atoms with Crippen molar-refractivity contribution in [1.82, 2.24) is 5.32 Å². The van der Waals surface area contributed by atoms with E-state index >= 15 is 0 Å². The lowest BCUT2D eigenvalue weighted by Gasteiger charge is -2.15. The number of hydrogen-bond donors (Lipinski definition) is 1. The summed E-state index contributed by atoms with van der Waals surface area (Å²) in [6.07, 6.45) is 1.10. The molecule has 0 aliphatic carbocycles. The number of rotatable bonds is 7. The second-order valence-electron chi connectivity index (χ2n) is 5.21. The topological polar surface area (TPSA) is 21.3 Å². The Morgan fingerprint density at radius 1 is 1.10 bits per heavy atom. The van der Waals surface area contributed by atoms with Crippen molar-refractivity contribution >= 4 is 0 Å². The fraction of sp³-hybridized carbons (Fsp3) is 0.333. The summed E-state index contributed by atoms with van der Waals surface area (Å²) in [5, 5.41) is 3.47. The standard InChI is InChI=1S/C18H22FNO/c1-3-14(2)20-12-16-6-4-5-7-18(16)21-13-15-8-10-17(19)11-9-15/h4-11,14,20H,3,12-13H2,1-2H3/t14-/m1/s1. The number of ether oxygens (including phenoxy) is 1. The summed E-state index contributed by atoms with van der Waals surface area (Å²) in [5.74, 6) is 0.648. The summed E-state index contributed by atoms with van der Waals surface area (Å²) < 4.78 is 18.7. The summed E-state index contributed by atoms with van der Waals surface area (Å²) in [6.45, 7) is 5.56. The first-order chi connectivity index (χ1) is 10.2. The summed E-state index contributed by atoms with van der Waals surface area (Å²) in [7, 11) is 0. The predicted octanol–water partition coefficient (Wildman–Crippen LogP) is 4.29. The molecule has 0 saturated heterocycles. The van der Waals surface area contributed by atoms with Crippen molar-refractivity contribution in [3.63, 3.8) is 0 Å². The maximum atomic E-state index is 12.9. The fourth-order valence-electron chi connectivity index (χ4n) is 1.96. The minimum absolute atomic E-state index is 0.225. The predicted molar refractivity (Wildman–Crippen MR) is 83.8 cm³/mol. The van der Waals surface area contributed by atoms with E-state index in [0.29, 0.717) is 12.6 Å². The van der Waals surface area contributed by atoms with Crippen molar-refractivity contribution in [2.24, 2.45) is 0 Å². The zero-order valence-electron chi connectivity index (χ0n) is 12.6. The van der Waals surface area contributed by atoms with Crippen LogP contribution in [0.5, 0.6) is 5.75 Å². The highest BCUT2D eigenvalue weighted by Crippen LogP contribution is 2.19. The molecule has 0 bridgehead atoms. The van der Waals surface area contributed by atoms with E-state index in [2.05, 4.69) is 25.2 Å². The monoisotopic (exact) mass is 287 g/mol. The van der Waals surface area contributed by atoms with Crippen molar-refractivity contribution in [2.75, 3.05) is 0 Å². The zero-order chi connectivity index (χ0) is 15.1. The maximum Gasteiger partial charge on any atom is 0.124 e. The lowest BCUT2D eigenvalue weighted by molar-refractivity contribution is 0.301. The molecule has 21 heavy (non-hydrogen) atoms. The Kier molecular flexibility index (Phi) is 5.76. The first kappa shape index (κ1) is 15.5. The Bertz CT molecular complexity index is 553. The highest BCUT2D eigenvalue weighted by molar-refractivity contribution is 5.33. The molecule has 0 heterocycles. The molecule has 0 radical (unpaired) electrons. The van der Waals surface area contributed by atoms with Crippen LogP contribution in [0.3, 0.4) is 0 Å². The van der Waals surface area contributed by atoms with Crippen LogP contribution in [0, 0.1) is 5.82 Å². The van der Waals surface area contributed by atoms with Gasteiger partial charge < -0.3 is 10.1 Å². The van der Waals surface area contributed by atoms with Crippen LogP contribution in [0.25, 0.3) is 0 Å². The van der Waals surface area contributed by atoms with E-state index in [4.69, 9.17) is 4.74 Å². The average Bonchev–Trinajstić information content (AvgIpc) is 2.52. The van der Waals surface area contributed by atoms with E-state index < -0.39 is 0 Å². The van der Waals surface area contributed by atoms with E-state index in [9.17, 15) is 4.39 Å². The van der Waals surface area contributed by atoms with E-state index in [0.717, 1.165) is 29.8 Å². The number of para-hydroxylation sites is 1. The van der Waals surface area contributed by atoms with Gasteiger partial charge in [-0.15, -0.1) is 0 Å². The molecule has 1 atom stereocenters. The molecule has 0 aliphatic heterocycles. The summed E-state index contributed by atoms with van der Waals surface area (Å²) in [4.78, 5) is 0. The Morgan fingerprint density at radius 2 is 1.81 bits per heavy atom. The van der Waals surface area contributed by atoms with Crippen molar-refractivity contribution in [1.29, 1.82) is 0 Å². The van der Waals surface area contributed by atoms with Gasteiger partial charge in [0.1, 0.15) is 18.2 Å². The van der Waals surface area contributed by atoms with Crippen LogP contribution in [0.2, 0.25) is 0 Å². The largest absolute Gasteiger partial charge is 0.489 e. The van der Waals surface area contributed by atoms with Crippen molar-refractivity contribution in [2.45, 2.75) is 39.5 Å². The molecular weight excluding hydrogens is 265 g/mol. The van der Waals surface area contributed by atoms with Gasteiger partial charge in [-0.2, -0.15) is 0 Å². The molecule has 0 unspecified atom stereocenters. The number of hydrogen-bond acceptors (Lipinski definition) is 2.